The predicted octanol–water partition coefficient (Wildman–Crippen LogP) is 6.73. The summed E-state index contributed by atoms with van der Waals surface area (Å²) in [4.78, 5) is 30.4. The van der Waals surface area contributed by atoms with Crippen LogP contribution < -0.4 is 14.6 Å². The molecule has 1 aliphatic carbocycles. The molecule has 2 aromatic rings. The highest BCUT2D eigenvalue weighted by molar-refractivity contribution is 5.99. The Morgan fingerprint density at radius 1 is 1.05 bits per heavy atom. The molecule has 0 aromatic heterocycles. The highest BCUT2D eigenvalue weighted by Crippen LogP contribution is 2.47. The van der Waals surface area contributed by atoms with Crippen molar-refractivity contribution in [1.29, 1.82) is 0 Å². The maximum atomic E-state index is 13.3. The third-order valence-corrected chi connectivity index (χ3v) is 7.36. The summed E-state index contributed by atoms with van der Waals surface area (Å²) in [6.07, 6.45) is 6.07. The summed E-state index contributed by atoms with van der Waals surface area (Å²) < 4.78 is 12.4. The smallest absolute Gasteiger partial charge is 0.412 e. The fraction of sp³-hybridized carbons (Fsp3) is 0.516. The molecule has 0 bridgehead atoms. The van der Waals surface area contributed by atoms with Gasteiger partial charge in [0.15, 0.2) is 5.75 Å². The first-order valence-corrected chi connectivity index (χ1v) is 14.2. The van der Waals surface area contributed by atoms with Crippen LogP contribution in [0.4, 0.5) is 16.2 Å². The molecular formula is C31H40N4O4. The first-order chi connectivity index (χ1) is 18.7. The second-order valence-electron chi connectivity index (χ2n) is 11.7. The van der Waals surface area contributed by atoms with Crippen LogP contribution in [0.3, 0.4) is 0 Å². The number of fused-ring (bicyclic) bond motifs is 1. The number of para-hydroxylation sites is 1. The van der Waals surface area contributed by atoms with Gasteiger partial charge in [0.2, 0.25) is 5.91 Å². The van der Waals surface area contributed by atoms with Gasteiger partial charge in [0.25, 0.3) is 0 Å². The number of rotatable bonds is 7. The molecule has 2 amide bonds. The topological polar surface area (TPSA) is 74.7 Å². The molecule has 0 saturated heterocycles. The fourth-order valence-corrected chi connectivity index (χ4v) is 5.37. The number of hydrogen-bond donors (Lipinski definition) is 0. The molecule has 3 aliphatic rings. The van der Waals surface area contributed by atoms with Crippen molar-refractivity contribution in [2.24, 2.45) is 11.0 Å². The lowest BCUT2D eigenvalue weighted by molar-refractivity contribution is -0.120. The molecule has 8 heteroatoms. The third-order valence-electron chi connectivity index (χ3n) is 7.36. The van der Waals surface area contributed by atoms with E-state index in [9.17, 15) is 9.59 Å². The van der Waals surface area contributed by atoms with Gasteiger partial charge in [0.1, 0.15) is 23.2 Å². The van der Waals surface area contributed by atoms with Crippen LogP contribution in [0.5, 0.6) is 11.5 Å². The third kappa shape index (κ3) is 5.75. The summed E-state index contributed by atoms with van der Waals surface area (Å²) in [6.45, 7) is 10.3. The molecule has 208 valence electrons. The fourth-order valence-electron chi connectivity index (χ4n) is 5.37. The Morgan fingerprint density at radius 3 is 2.44 bits per heavy atom. The van der Waals surface area contributed by atoms with Crippen LogP contribution in [-0.4, -0.2) is 47.5 Å². The number of hydrazone groups is 1. The van der Waals surface area contributed by atoms with Gasteiger partial charge in [0.05, 0.1) is 5.69 Å². The molecule has 2 atom stereocenters. The molecule has 2 aliphatic heterocycles. The number of nitrogens with zero attached hydrogens (tertiary/aromatic N) is 4. The van der Waals surface area contributed by atoms with Crippen molar-refractivity contribution in [2.45, 2.75) is 91.0 Å². The van der Waals surface area contributed by atoms with Crippen molar-refractivity contribution < 1.29 is 19.1 Å². The van der Waals surface area contributed by atoms with Crippen LogP contribution >= 0.6 is 0 Å². The molecule has 5 rings (SSSR count). The molecule has 0 spiro atoms. The standard InChI is InChI=1S/C31H40N4O4/c1-6-20-33(30(37)39-31(3,4)5)27-18-19-32-35(27)26-17-16-25-24(28(26)38-23-10-8-7-9-11-23)15-12-21(2)34(25)29(36)22-13-14-22/h7-11,16-17,19,21-22,27H,6,12-15,18,20H2,1-5H3/t21-,27?/m0/s1. The number of hydrogen-bond acceptors (Lipinski definition) is 6. The van der Waals surface area contributed by atoms with Crippen molar-refractivity contribution in [2.75, 3.05) is 16.5 Å². The zero-order valence-corrected chi connectivity index (χ0v) is 23.7. The second kappa shape index (κ2) is 10.9. The van der Waals surface area contributed by atoms with E-state index in [0.717, 1.165) is 49.0 Å². The normalized spacial score (nSPS) is 20.5. The molecule has 1 saturated carbocycles. The quantitative estimate of drug-likeness (QED) is 0.395. The van der Waals surface area contributed by atoms with Gasteiger partial charge >= 0.3 is 6.09 Å². The van der Waals surface area contributed by atoms with Gasteiger partial charge in [-0.05, 0) is 84.1 Å². The van der Waals surface area contributed by atoms with Gasteiger partial charge < -0.3 is 14.4 Å². The van der Waals surface area contributed by atoms with Gasteiger partial charge in [-0.2, -0.15) is 5.10 Å². The molecule has 1 fully saturated rings. The molecule has 8 nitrogen and oxygen atoms in total. The van der Waals surface area contributed by atoms with Crippen LogP contribution in [0.25, 0.3) is 0 Å². The zero-order valence-electron chi connectivity index (χ0n) is 23.7. The number of carbonyl (C=O) groups is 2. The maximum absolute atomic E-state index is 13.3. The second-order valence-corrected chi connectivity index (χ2v) is 11.7. The largest absolute Gasteiger partial charge is 0.455 e. The van der Waals surface area contributed by atoms with Crippen molar-refractivity contribution in [3.63, 3.8) is 0 Å². The minimum atomic E-state index is -0.602. The SMILES string of the molecule is CCCN(C(=O)OC(C)(C)C)C1CC=NN1c1ccc2c(c1Oc1ccccc1)CC[C@H](C)N2C(=O)C1CC1. The average Bonchev–Trinajstić information content (AvgIpc) is 3.64. The van der Waals surface area contributed by atoms with Gasteiger partial charge in [0, 0.05) is 36.7 Å². The first kappa shape index (κ1) is 27.0. The first-order valence-electron chi connectivity index (χ1n) is 14.2. The monoisotopic (exact) mass is 532 g/mol. The summed E-state index contributed by atoms with van der Waals surface area (Å²) in [5, 5.41) is 6.60. The molecule has 39 heavy (non-hydrogen) atoms. The summed E-state index contributed by atoms with van der Waals surface area (Å²) in [5.74, 6) is 1.73. The predicted molar refractivity (Wildman–Crippen MR) is 154 cm³/mol. The maximum Gasteiger partial charge on any atom is 0.412 e. The van der Waals surface area contributed by atoms with Gasteiger partial charge in [-0.15, -0.1) is 0 Å². The lowest BCUT2D eigenvalue weighted by atomic mass is 9.94. The van der Waals surface area contributed by atoms with E-state index in [1.54, 1.807) is 4.90 Å². The van der Waals surface area contributed by atoms with Gasteiger partial charge in [-0.3, -0.25) is 9.69 Å². The van der Waals surface area contributed by atoms with E-state index in [1.807, 2.05) is 86.3 Å². The summed E-state index contributed by atoms with van der Waals surface area (Å²) in [7, 11) is 0. The number of amides is 2. The molecule has 2 aromatic carbocycles. The van der Waals surface area contributed by atoms with Crippen molar-refractivity contribution in [3.8, 4) is 11.5 Å². The molecule has 1 unspecified atom stereocenters. The molecule has 2 heterocycles. The molecule has 0 radical (unpaired) electrons. The summed E-state index contributed by atoms with van der Waals surface area (Å²) in [5.41, 5.74) is 2.09. The van der Waals surface area contributed by atoms with Crippen LogP contribution in [0.1, 0.15) is 72.3 Å². The Hall–Kier alpha value is -3.55. The van der Waals surface area contributed by atoms with Gasteiger partial charge in [-0.25, -0.2) is 9.80 Å². The number of benzene rings is 2. The average molecular weight is 533 g/mol. The van der Waals surface area contributed by atoms with Crippen molar-refractivity contribution in [1.82, 2.24) is 4.90 Å². The lowest BCUT2D eigenvalue weighted by Gasteiger charge is -2.39. The highest BCUT2D eigenvalue weighted by Gasteiger charge is 2.41. The van der Waals surface area contributed by atoms with Crippen LogP contribution in [0.2, 0.25) is 0 Å². The van der Waals surface area contributed by atoms with Gasteiger partial charge in [-0.1, -0.05) is 25.1 Å². The van der Waals surface area contributed by atoms with E-state index >= 15 is 0 Å². The van der Waals surface area contributed by atoms with E-state index in [4.69, 9.17) is 14.6 Å². The Balaban J connectivity index is 1.57. The number of carbonyl (C=O) groups excluding carboxylic acids is 2. The minimum absolute atomic E-state index is 0.126. The van der Waals surface area contributed by atoms with E-state index in [0.29, 0.717) is 24.5 Å². The lowest BCUT2D eigenvalue weighted by Crippen LogP contribution is -2.49. The number of ether oxygens (including phenoxy) is 2. The van der Waals surface area contributed by atoms with Crippen LogP contribution in [-0.2, 0) is 16.0 Å². The van der Waals surface area contributed by atoms with E-state index in [2.05, 4.69) is 6.92 Å². The number of anilines is 2. The van der Waals surface area contributed by atoms with Crippen molar-refractivity contribution in [3.05, 3.63) is 48.0 Å². The Morgan fingerprint density at radius 2 is 1.77 bits per heavy atom. The molecular weight excluding hydrogens is 492 g/mol. The molecule has 0 N–H and O–H groups in total. The van der Waals surface area contributed by atoms with Crippen molar-refractivity contribution >= 4 is 29.6 Å². The Labute approximate surface area is 231 Å². The Kier molecular flexibility index (Phi) is 7.56. The summed E-state index contributed by atoms with van der Waals surface area (Å²) >= 11 is 0. The Bertz CT molecular complexity index is 1240. The van der Waals surface area contributed by atoms with Crippen LogP contribution in [0, 0.1) is 5.92 Å². The van der Waals surface area contributed by atoms with E-state index < -0.39 is 5.60 Å². The highest BCUT2D eigenvalue weighted by atomic mass is 16.6. The van der Waals surface area contributed by atoms with Crippen LogP contribution in [0.15, 0.2) is 47.6 Å². The van der Waals surface area contributed by atoms with E-state index in [1.165, 1.54) is 0 Å². The summed E-state index contributed by atoms with van der Waals surface area (Å²) in [6, 6.07) is 13.8. The zero-order chi connectivity index (χ0) is 27.7. The van der Waals surface area contributed by atoms with E-state index in [-0.39, 0.29) is 30.1 Å². The minimum Gasteiger partial charge on any atom is -0.455 e.